The Morgan fingerprint density at radius 3 is 2.64 bits per heavy atom. The van der Waals surface area contributed by atoms with Gasteiger partial charge in [0.1, 0.15) is 5.76 Å². The molecule has 2 N–H and O–H groups in total. The van der Waals surface area contributed by atoms with Crippen LogP contribution in [0.25, 0.3) is 0 Å². The predicted octanol–water partition coefficient (Wildman–Crippen LogP) is 1.77. The number of urea groups is 1. The summed E-state index contributed by atoms with van der Waals surface area (Å²) in [7, 11) is 0. The molecule has 8 nitrogen and oxygen atoms in total. The number of rotatable bonds is 6. The van der Waals surface area contributed by atoms with Gasteiger partial charge in [-0.05, 0) is 38.8 Å². The highest BCUT2D eigenvalue weighted by atomic mass is 16.4. The van der Waals surface area contributed by atoms with Crippen molar-refractivity contribution in [2.45, 2.75) is 33.2 Å². The van der Waals surface area contributed by atoms with Crippen molar-refractivity contribution in [1.29, 1.82) is 0 Å². The third kappa shape index (κ3) is 4.74. The highest BCUT2D eigenvalue weighted by Gasteiger charge is 2.30. The zero-order chi connectivity index (χ0) is 18.4. The lowest BCUT2D eigenvalue weighted by molar-refractivity contribution is -0.136. The SMILES string of the molecule is CCN(CC)C(=O)[C@@H]1CCCN(C(=O)NCc2ccc(C(=O)O)o2)C1. The zero-order valence-corrected chi connectivity index (χ0v) is 14.7. The smallest absolute Gasteiger partial charge is 0.371 e. The number of likely N-dealkylation sites (tertiary alicyclic amines) is 1. The number of amides is 3. The molecule has 8 heteroatoms. The number of piperidine rings is 1. The Morgan fingerprint density at radius 1 is 1.32 bits per heavy atom. The van der Waals surface area contributed by atoms with E-state index in [1.165, 1.54) is 12.1 Å². The minimum absolute atomic E-state index is 0.0969. The van der Waals surface area contributed by atoms with Gasteiger partial charge in [0.05, 0.1) is 12.5 Å². The molecule has 1 aliphatic rings. The number of carboxylic acid groups (broad SMARTS) is 1. The number of hydrogen-bond acceptors (Lipinski definition) is 4. The Morgan fingerprint density at radius 2 is 2.04 bits per heavy atom. The number of furan rings is 1. The van der Waals surface area contributed by atoms with Gasteiger partial charge in [-0.15, -0.1) is 0 Å². The molecule has 0 radical (unpaired) electrons. The second-order valence-corrected chi connectivity index (χ2v) is 6.03. The fourth-order valence-electron chi connectivity index (χ4n) is 3.02. The molecule has 1 fully saturated rings. The van der Waals surface area contributed by atoms with Crippen molar-refractivity contribution in [1.82, 2.24) is 15.1 Å². The van der Waals surface area contributed by atoms with Crippen LogP contribution in [0.5, 0.6) is 0 Å². The lowest BCUT2D eigenvalue weighted by Gasteiger charge is -2.34. The first kappa shape index (κ1) is 18.8. The summed E-state index contributed by atoms with van der Waals surface area (Å²) < 4.78 is 5.11. The summed E-state index contributed by atoms with van der Waals surface area (Å²) >= 11 is 0. The molecule has 1 aliphatic heterocycles. The Kier molecular flexibility index (Phi) is 6.44. The van der Waals surface area contributed by atoms with Gasteiger partial charge in [0.15, 0.2) is 0 Å². The number of carbonyl (C=O) groups is 3. The summed E-state index contributed by atoms with van der Waals surface area (Å²) in [6.45, 7) is 6.35. The van der Waals surface area contributed by atoms with Crippen LogP contribution >= 0.6 is 0 Å². The zero-order valence-electron chi connectivity index (χ0n) is 14.7. The van der Waals surface area contributed by atoms with Crippen molar-refractivity contribution in [2.24, 2.45) is 5.92 Å². The fourth-order valence-corrected chi connectivity index (χ4v) is 3.02. The maximum absolute atomic E-state index is 12.5. The van der Waals surface area contributed by atoms with Crippen LogP contribution in [0.1, 0.15) is 43.0 Å². The van der Waals surface area contributed by atoms with Crippen LogP contribution in [-0.2, 0) is 11.3 Å². The van der Waals surface area contributed by atoms with E-state index in [-0.39, 0.29) is 30.2 Å². The van der Waals surface area contributed by atoms with Gasteiger partial charge in [-0.2, -0.15) is 0 Å². The molecule has 1 atom stereocenters. The van der Waals surface area contributed by atoms with Crippen molar-refractivity contribution >= 4 is 17.9 Å². The molecular formula is C17H25N3O5. The maximum atomic E-state index is 12.5. The minimum atomic E-state index is -1.15. The van der Waals surface area contributed by atoms with Crippen molar-refractivity contribution < 1.29 is 23.9 Å². The van der Waals surface area contributed by atoms with E-state index in [9.17, 15) is 14.4 Å². The van der Waals surface area contributed by atoms with Crippen molar-refractivity contribution in [3.63, 3.8) is 0 Å². The predicted molar refractivity (Wildman–Crippen MR) is 90.1 cm³/mol. The van der Waals surface area contributed by atoms with E-state index in [1.54, 1.807) is 9.80 Å². The molecule has 0 unspecified atom stereocenters. The second-order valence-electron chi connectivity index (χ2n) is 6.03. The molecule has 1 aromatic heterocycles. The van der Waals surface area contributed by atoms with Gasteiger partial charge in [-0.3, -0.25) is 4.79 Å². The van der Waals surface area contributed by atoms with Crippen LogP contribution < -0.4 is 5.32 Å². The average molecular weight is 351 g/mol. The summed E-state index contributed by atoms with van der Waals surface area (Å²) in [6.07, 6.45) is 1.58. The van der Waals surface area contributed by atoms with E-state index in [0.29, 0.717) is 31.9 Å². The van der Waals surface area contributed by atoms with Crippen LogP contribution in [0.15, 0.2) is 16.5 Å². The molecule has 2 heterocycles. The fraction of sp³-hybridized carbons (Fsp3) is 0.588. The Hall–Kier alpha value is -2.51. The molecule has 3 amide bonds. The second kappa shape index (κ2) is 8.55. The van der Waals surface area contributed by atoms with Gasteiger partial charge < -0.3 is 24.6 Å². The van der Waals surface area contributed by atoms with Gasteiger partial charge in [-0.1, -0.05) is 0 Å². The third-order valence-electron chi connectivity index (χ3n) is 4.42. The summed E-state index contributed by atoms with van der Waals surface area (Å²) in [5.41, 5.74) is 0. The van der Waals surface area contributed by atoms with E-state index in [4.69, 9.17) is 9.52 Å². The highest BCUT2D eigenvalue weighted by molar-refractivity contribution is 5.84. The molecule has 0 spiro atoms. The van der Waals surface area contributed by atoms with Gasteiger partial charge in [0.2, 0.25) is 11.7 Å². The number of aromatic carboxylic acids is 1. The Labute approximate surface area is 146 Å². The van der Waals surface area contributed by atoms with Crippen molar-refractivity contribution in [2.75, 3.05) is 26.2 Å². The number of nitrogens with zero attached hydrogens (tertiary/aromatic N) is 2. The highest BCUT2D eigenvalue weighted by Crippen LogP contribution is 2.19. The van der Waals surface area contributed by atoms with Crippen molar-refractivity contribution in [3.05, 3.63) is 23.7 Å². The quantitative estimate of drug-likeness (QED) is 0.813. The molecule has 1 aromatic rings. The number of carboxylic acids is 1. The van der Waals surface area contributed by atoms with Crippen LogP contribution in [0, 0.1) is 5.92 Å². The number of carbonyl (C=O) groups excluding carboxylic acids is 2. The van der Waals surface area contributed by atoms with Gasteiger partial charge in [0, 0.05) is 26.2 Å². The lowest BCUT2D eigenvalue weighted by atomic mass is 9.96. The van der Waals surface area contributed by atoms with Crippen LogP contribution in [0.3, 0.4) is 0 Å². The summed E-state index contributed by atoms with van der Waals surface area (Å²) in [5.74, 6) is -1.00. The number of nitrogens with one attached hydrogen (secondary N) is 1. The maximum Gasteiger partial charge on any atom is 0.371 e. The van der Waals surface area contributed by atoms with Gasteiger partial charge >= 0.3 is 12.0 Å². The van der Waals surface area contributed by atoms with Crippen LogP contribution in [0.4, 0.5) is 4.79 Å². The molecule has 1 saturated heterocycles. The molecule has 0 saturated carbocycles. The first-order chi connectivity index (χ1) is 12.0. The van der Waals surface area contributed by atoms with E-state index in [1.807, 2.05) is 13.8 Å². The summed E-state index contributed by atoms with van der Waals surface area (Å²) in [6, 6.07) is 2.60. The Balaban J connectivity index is 1.88. The topological polar surface area (TPSA) is 103 Å². The van der Waals surface area contributed by atoms with E-state index in [0.717, 1.165) is 12.8 Å². The first-order valence-electron chi connectivity index (χ1n) is 8.59. The van der Waals surface area contributed by atoms with Crippen LogP contribution in [0.2, 0.25) is 0 Å². The van der Waals surface area contributed by atoms with E-state index >= 15 is 0 Å². The largest absolute Gasteiger partial charge is 0.475 e. The Bertz CT molecular complexity index is 624. The normalized spacial score (nSPS) is 17.2. The monoisotopic (exact) mass is 351 g/mol. The average Bonchev–Trinajstić information content (AvgIpc) is 3.10. The van der Waals surface area contributed by atoms with Crippen LogP contribution in [-0.4, -0.2) is 59.0 Å². The first-order valence-corrected chi connectivity index (χ1v) is 8.59. The van der Waals surface area contributed by atoms with Gasteiger partial charge in [0.25, 0.3) is 0 Å². The van der Waals surface area contributed by atoms with Gasteiger partial charge in [-0.25, -0.2) is 9.59 Å². The summed E-state index contributed by atoms with van der Waals surface area (Å²) in [5, 5.41) is 11.5. The summed E-state index contributed by atoms with van der Waals surface area (Å²) in [4.78, 5) is 39.0. The standard InChI is InChI=1S/C17H25N3O5/c1-3-19(4-2)15(21)12-6-5-9-20(11-12)17(24)18-10-13-7-8-14(25-13)16(22)23/h7-8,12H,3-6,9-11H2,1-2H3,(H,18,24)(H,22,23)/t12-/m1/s1. The van der Waals surface area contributed by atoms with E-state index in [2.05, 4.69) is 5.32 Å². The molecular weight excluding hydrogens is 326 g/mol. The molecule has 2 rings (SSSR count). The van der Waals surface area contributed by atoms with Crippen molar-refractivity contribution in [3.8, 4) is 0 Å². The number of hydrogen-bond donors (Lipinski definition) is 2. The molecule has 25 heavy (non-hydrogen) atoms. The lowest BCUT2D eigenvalue weighted by Crippen LogP contribution is -2.49. The molecule has 0 bridgehead atoms. The molecule has 0 aromatic carbocycles. The molecule has 0 aliphatic carbocycles. The minimum Gasteiger partial charge on any atom is -0.475 e. The third-order valence-corrected chi connectivity index (χ3v) is 4.42. The molecule has 138 valence electrons. The van der Waals surface area contributed by atoms with E-state index < -0.39 is 5.97 Å².